The molecule has 1 atom stereocenters. The lowest BCUT2D eigenvalue weighted by Gasteiger charge is -2.45. The van der Waals surface area contributed by atoms with Gasteiger partial charge in [0.05, 0.1) is 5.92 Å². The van der Waals surface area contributed by atoms with Gasteiger partial charge >= 0.3 is 0 Å². The van der Waals surface area contributed by atoms with E-state index < -0.39 is 0 Å². The summed E-state index contributed by atoms with van der Waals surface area (Å²) in [5.74, 6) is 0.247. The second-order valence-electron chi connectivity index (χ2n) is 8.60. The molecule has 0 aliphatic carbocycles. The Kier molecular flexibility index (Phi) is 4.72. The van der Waals surface area contributed by atoms with E-state index in [1.54, 1.807) is 17.0 Å². The predicted molar refractivity (Wildman–Crippen MR) is 111 cm³/mol. The molecule has 5 nitrogen and oxygen atoms in total. The maximum Gasteiger partial charge on any atom is 0.228 e. The number of para-hydroxylation sites is 1. The Labute approximate surface area is 175 Å². The molecule has 6 heteroatoms. The van der Waals surface area contributed by atoms with Gasteiger partial charge in [0.1, 0.15) is 17.2 Å². The quantitative estimate of drug-likeness (QED) is 0.764. The molecule has 156 valence electrons. The maximum atomic E-state index is 13.2. The van der Waals surface area contributed by atoms with Gasteiger partial charge in [-0.15, -0.1) is 0 Å². The highest BCUT2D eigenvalue weighted by Gasteiger charge is 2.43. The molecule has 2 saturated heterocycles. The molecule has 5 rings (SSSR count). The third kappa shape index (κ3) is 3.44. The molecule has 1 spiro atoms. The number of anilines is 1. The third-order valence-corrected chi connectivity index (χ3v) is 6.75. The largest absolute Gasteiger partial charge is 0.487 e. The number of nitrogens with zero attached hydrogens (tertiary/aromatic N) is 2. The van der Waals surface area contributed by atoms with Gasteiger partial charge in [-0.2, -0.15) is 0 Å². The first-order valence-corrected chi connectivity index (χ1v) is 10.6. The molecule has 1 unspecified atom stereocenters. The summed E-state index contributed by atoms with van der Waals surface area (Å²) in [6.45, 7) is 1.67. The highest BCUT2D eigenvalue weighted by Crippen LogP contribution is 2.39. The Morgan fingerprint density at radius 3 is 2.53 bits per heavy atom. The van der Waals surface area contributed by atoms with Crippen molar-refractivity contribution in [2.45, 2.75) is 37.7 Å². The number of amides is 2. The fourth-order valence-electron chi connectivity index (χ4n) is 4.95. The zero-order valence-electron chi connectivity index (χ0n) is 16.9. The van der Waals surface area contributed by atoms with Gasteiger partial charge in [-0.1, -0.05) is 18.2 Å². The van der Waals surface area contributed by atoms with Crippen molar-refractivity contribution >= 4 is 17.5 Å². The van der Waals surface area contributed by atoms with Crippen LogP contribution in [0.3, 0.4) is 0 Å². The second-order valence-corrected chi connectivity index (χ2v) is 8.60. The number of fused-ring (bicyclic) bond motifs is 1. The number of likely N-dealkylation sites (tertiary alicyclic amines) is 1. The van der Waals surface area contributed by atoms with Crippen LogP contribution in [0.5, 0.6) is 5.75 Å². The number of hydrogen-bond acceptors (Lipinski definition) is 3. The summed E-state index contributed by atoms with van der Waals surface area (Å²) >= 11 is 0. The average Bonchev–Trinajstić information content (AvgIpc) is 3.16. The van der Waals surface area contributed by atoms with Crippen LogP contribution in [0.25, 0.3) is 0 Å². The highest BCUT2D eigenvalue weighted by atomic mass is 19.1. The lowest BCUT2D eigenvalue weighted by molar-refractivity contribution is -0.139. The summed E-state index contributed by atoms with van der Waals surface area (Å²) in [5.41, 5.74) is 1.71. The number of carbonyl (C=O) groups is 2. The van der Waals surface area contributed by atoms with E-state index in [1.807, 2.05) is 23.1 Å². The minimum atomic E-state index is -0.343. The Balaban J connectivity index is 1.21. The molecule has 3 aliphatic heterocycles. The lowest BCUT2D eigenvalue weighted by Crippen LogP contribution is -2.52. The molecule has 0 saturated carbocycles. The van der Waals surface area contributed by atoms with E-state index in [-0.39, 0.29) is 35.6 Å². The van der Waals surface area contributed by atoms with E-state index in [9.17, 15) is 14.0 Å². The average molecular weight is 408 g/mol. The molecule has 0 bridgehead atoms. The van der Waals surface area contributed by atoms with Crippen LogP contribution in [-0.2, 0) is 16.0 Å². The topological polar surface area (TPSA) is 49.9 Å². The van der Waals surface area contributed by atoms with Gasteiger partial charge in [0.2, 0.25) is 11.8 Å². The zero-order valence-corrected chi connectivity index (χ0v) is 16.9. The van der Waals surface area contributed by atoms with Crippen LogP contribution in [0, 0.1) is 11.7 Å². The fraction of sp³-hybridized carbons (Fsp3) is 0.417. The Bertz CT molecular complexity index is 967. The summed E-state index contributed by atoms with van der Waals surface area (Å²) in [7, 11) is 0. The third-order valence-electron chi connectivity index (χ3n) is 6.75. The summed E-state index contributed by atoms with van der Waals surface area (Å²) in [4.78, 5) is 29.0. The van der Waals surface area contributed by atoms with Crippen molar-refractivity contribution in [2.24, 2.45) is 5.92 Å². The van der Waals surface area contributed by atoms with E-state index in [4.69, 9.17) is 4.74 Å². The van der Waals surface area contributed by atoms with Crippen LogP contribution in [0.15, 0.2) is 48.5 Å². The molecule has 0 N–H and O–H groups in total. The molecule has 0 aromatic heterocycles. The number of benzene rings is 2. The van der Waals surface area contributed by atoms with Crippen LogP contribution in [-0.4, -0.2) is 41.9 Å². The lowest BCUT2D eigenvalue weighted by atomic mass is 9.83. The van der Waals surface area contributed by atoms with E-state index in [0.29, 0.717) is 25.3 Å². The molecule has 3 aliphatic rings. The predicted octanol–water partition coefficient (Wildman–Crippen LogP) is 3.57. The van der Waals surface area contributed by atoms with Gasteiger partial charge in [0.25, 0.3) is 0 Å². The number of rotatable bonds is 2. The number of hydrogen-bond donors (Lipinski definition) is 0. The first-order chi connectivity index (χ1) is 14.5. The van der Waals surface area contributed by atoms with E-state index in [1.165, 1.54) is 17.7 Å². The van der Waals surface area contributed by atoms with Crippen molar-refractivity contribution in [1.29, 1.82) is 0 Å². The van der Waals surface area contributed by atoms with Crippen LogP contribution < -0.4 is 9.64 Å². The van der Waals surface area contributed by atoms with Crippen molar-refractivity contribution in [1.82, 2.24) is 4.90 Å². The Morgan fingerprint density at radius 2 is 1.77 bits per heavy atom. The molecule has 30 heavy (non-hydrogen) atoms. The van der Waals surface area contributed by atoms with Gasteiger partial charge < -0.3 is 14.5 Å². The van der Waals surface area contributed by atoms with Crippen LogP contribution in [0.4, 0.5) is 10.1 Å². The first kappa shape index (κ1) is 19.1. The standard InChI is InChI=1S/C24H25FN2O3/c25-19-5-7-20(8-6-19)27-16-18(15-22(27)28)23(29)26-13-11-24(12-14-26)10-9-17-3-1-2-4-21(17)30-24/h1-8,18H,9-16H2. The van der Waals surface area contributed by atoms with Gasteiger partial charge in [-0.3, -0.25) is 9.59 Å². The molecule has 2 fully saturated rings. The Morgan fingerprint density at radius 1 is 1.03 bits per heavy atom. The molecular weight excluding hydrogens is 383 g/mol. The Hall–Kier alpha value is -2.89. The van der Waals surface area contributed by atoms with Crippen molar-refractivity contribution < 1.29 is 18.7 Å². The molecule has 2 aromatic carbocycles. The van der Waals surface area contributed by atoms with Crippen LogP contribution >= 0.6 is 0 Å². The van der Waals surface area contributed by atoms with Crippen molar-refractivity contribution in [3.63, 3.8) is 0 Å². The van der Waals surface area contributed by atoms with E-state index in [0.717, 1.165) is 31.4 Å². The monoisotopic (exact) mass is 408 g/mol. The van der Waals surface area contributed by atoms with E-state index in [2.05, 4.69) is 6.07 Å². The van der Waals surface area contributed by atoms with Crippen LogP contribution in [0.1, 0.15) is 31.2 Å². The maximum absolute atomic E-state index is 13.2. The number of halogens is 1. The molecule has 0 radical (unpaired) electrons. The molecule has 2 amide bonds. The zero-order chi connectivity index (χ0) is 20.7. The number of piperidine rings is 1. The van der Waals surface area contributed by atoms with Gasteiger partial charge in [-0.05, 0) is 48.7 Å². The van der Waals surface area contributed by atoms with Gasteiger partial charge in [0.15, 0.2) is 0 Å². The summed E-state index contributed by atoms with van der Waals surface area (Å²) in [6.07, 6.45) is 3.83. The number of aryl methyl sites for hydroxylation is 1. The van der Waals surface area contributed by atoms with Gasteiger partial charge in [-0.25, -0.2) is 4.39 Å². The fourth-order valence-corrected chi connectivity index (χ4v) is 4.95. The smallest absolute Gasteiger partial charge is 0.228 e. The summed E-state index contributed by atoms with van der Waals surface area (Å²) in [6, 6.07) is 14.0. The van der Waals surface area contributed by atoms with Crippen molar-refractivity contribution in [3.8, 4) is 5.75 Å². The van der Waals surface area contributed by atoms with Crippen LogP contribution in [0.2, 0.25) is 0 Å². The van der Waals surface area contributed by atoms with E-state index >= 15 is 0 Å². The van der Waals surface area contributed by atoms with Crippen molar-refractivity contribution in [2.75, 3.05) is 24.5 Å². The minimum absolute atomic E-state index is 0.0408. The number of carbonyl (C=O) groups excluding carboxylic acids is 2. The van der Waals surface area contributed by atoms with Gasteiger partial charge in [0, 0.05) is 44.6 Å². The normalized spacial score (nSPS) is 22.7. The SMILES string of the molecule is O=C(C1CC(=O)N(c2ccc(F)cc2)C1)N1CCC2(CCc3ccccc3O2)CC1. The van der Waals surface area contributed by atoms with Crippen molar-refractivity contribution in [3.05, 3.63) is 59.9 Å². The summed E-state index contributed by atoms with van der Waals surface area (Å²) in [5, 5.41) is 0. The second kappa shape index (κ2) is 7.42. The summed E-state index contributed by atoms with van der Waals surface area (Å²) < 4.78 is 19.6. The molecule has 3 heterocycles. The number of ether oxygens (including phenoxy) is 1. The molecular formula is C24H25FN2O3. The minimum Gasteiger partial charge on any atom is -0.487 e. The molecule has 2 aromatic rings. The highest BCUT2D eigenvalue weighted by molar-refractivity contribution is 6.00. The first-order valence-electron chi connectivity index (χ1n) is 10.6.